The second-order valence-electron chi connectivity index (χ2n) is 7.08. The van der Waals surface area contributed by atoms with Crippen LogP contribution in [-0.2, 0) is 11.3 Å². The van der Waals surface area contributed by atoms with Crippen molar-refractivity contribution in [2.75, 3.05) is 7.05 Å². The number of nitrogens with zero attached hydrogens (tertiary/aromatic N) is 2. The van der Waals surface area contributed by atoms with Gasteiger partial charge in [-0.1, -0.05) is 91.0 Å². The second-order valence-corrected chi connectivity index (χ2v) is 7.08. The largest absolute Gasteiger partial charge is 0.480 e. The van der Waals surface area contributed by atoms with E-state index >= 15 is 0 Å². The molecule has 0 spiro atoms. The van der Waals surface area contributed by atoms with Crippen LogP contribution in [0.25, 0.3) is 22.6 Å². The smallest absolute Gasteiger partial charge is 0.325 e. The second kappa shape index (κ2) is 8.76. The lowest BCUT2D eigenvalue weighted by Gasteiger charge is -2.23. The van der Waals surface area contributed by atoms with Crippen LogP contribution >= 0.6 is 0 Å². The number of rotatable bonds is 7. The van der Waals surface area contributed by atoms with E-state index in [4.69, 9.17) is 9.40 Å². The Morgan fingerprint density at radius 2 is 1.43 bits per heavy atom. The normalized spacial score (nSPS) is 12.1. The molecule has 4 aromatic rings. The van der Waals surface area contributed by atoms with Crippen LogP contribution in [0.2, 0.25) is 0 Å². The fourth-order valence-electron chi connectivity index (χ4n) is 3.53. The van der Waals surface area contributed by atoms with Crippen molar-refractivity contribution in [2.24, 2.45) is 0 Å². The van der Waals surface area contributed by atoms with Crippen molar-refractivity contribution in [3.8, 4) is 22.6 Å². The maximum absolute atomic E-state index is 12.0. The molecule has 150 valence electrons. The average molecular weight is 398 g/mol. The minimum Gasteiger partial charge on any atom is -0.480 e. The van der Waals surface area contributed by atoms with Crippen LogP contribution in [0.1, 0.15) is 17.5 Å². The van der Waals surface area contributed by atoms with E-state index in [2.05, 4.69) is 0 Å². The highest BCUT2D eigenvalue weighted by Crippen LogP contribution is 2.33. The number of aromatic nitrogens is 1. The summed E-state index contributed by atoms with van der Waals surface area (Å²) in [5.74, 6) is 0.232. The highest BCUT2D eigenvalue weighted by Gasteiger charge is 2.26. The van der Waals surface area contributed by atoms with Crippen molar-refractivity contribution in [2.45, 2.75) is 12.6 Å². The monoisotopic (exact) mass is 398 g/mol. The van der Waals surface area contributed by atoms with Crippen LogP contribution in [0.5, 0.6) is 0 Å². The molecule has 0 radical (unpaired) electrons. The fraction of sp³-hybridized carbons (Fsp3) is 0.120. The number of likely N-dealkylation sites (N-methyl/N-ethyl adjacent to an activating group) is 1. The van der Waals surface area contributed by atoms with Crippen molar-refractivity contribution in [3.63, 3.8) is 0 Å². The Kier molecular flexibility index (Phi) is 5.72. The Balaban J connectivity index is 1.69. The fourth-order valence-corrected chi connectivity index (χ4v) is 3.53. The van der Waals surface area contributed by atoms with Crippen LogP contribution in [-0.4, -0.2) is 28.0 Å². The molecule has 0 saturated heterocycles. The number of carboxylic acids is 1. The van der Waals surface area contributed by atoms with Crippen LogP contribution in [0, 0.1) is 0 Å². The molecule has 0 aliphatic heterocycles. The van der Waals surface area contributed by atoms with Crippen LogP contribution < -0.4 is 0 Å². The van der Waals surface area contributed by atoms with Crippen molar-refractivity contribution in [1.82, 2.24) is 9.88 Å². The predicted octanol–water partition coefficient (Wildman–Crippen LogP) is 5.27. The number of aliphatic carboxylic acids is 1. The third kappa shape index (κ3) is 4.16. The average Bonchev–Trinajstić information content (AvgIpc) is 3.19. The summed E-state index contributed by atoms with van der Waals surface area (Å²) in [6.07, 6.45) is 0. The SMILES string of the molecule is CN(Cc1nc(-c2ccccc2)c(-c2ccccc2)o1)C(C(=O)O)c1ccccc1. The van der Waals surface area contributed by atoms with E-state index in [9.17, 15) is 9.90 Å². The van der Waals surface area contributed by atoms with E-state index in [1.54, 1.807) is 11.9 Å². The van der Waals surface area contributed by atoms with Gasteiger partial charge in [-0.3, -0.25) is 9.69 Å². The predicted molar refractivity (Wildman–Crippen MR) is 116 cm³/mol. The van der Waals surface area contributed by atoms with E-state index in [-0.39, 0.29) is 6.54 Å². The summed E-state index contributed by atoms with van der Waals surface area (Å²) in [6, 6.07) is 28.0. The molecule has 1 N–H and O–H groups in total. The van der Waals surface area contributed by atoms with Gasteiger partial charge in [0.15, 0.2) is 5.76 Å². The first-order valence-corrected chi connectivity index (χ1v) is 9.72. The molecule has 30 heavy (non-hydrogen) atoms. The molecule has 1 aromatic heterocycles. The molecule has 1 heterocycles. The van der Waals surface area contributed by atoms with Crippen molar-refractivity contribution in [3.05, 3.63) is 102 Å². The molecule has 0 aliphatic rings. The lowest BCUT2D eigenvalue weighted by atomic mass is 10.1. The van der Waals surface area contributed by atoms with Crippen LogP contribution in [0.3, 0.4) is 0 Å². The highest BCUT2D eigenvalue weighted by molar-refractivity contribution is 5.77. The summed E-state index contributed by atoms with van der Waals surface area (Å²) in [5.41, 5.74) is 3.34. The molecule has 0 saturated carbocycles. The summed E-state index contributed by atoms with van der Waals surface area (Å²) in [7, 11) is 1.76. The maximum atomic E-state index is 12.0. The first-order valence-electron chi connectivity index (χ1n) is 9.72. The standard InChI is InChI=1S/C25H22N2O3/c1-27(23(25(28)29)19-13-7-3-8-14-19)17-21-26-22(18-11-5-2-6-12-18)24(30-21)20-15-9-4-10-16-20/h2-16,23H,17H2,1H3,(H,28,29). The Morgan fingerprint density at radius 1 is 0.900 bits per heavy atom. The quantitative estimate of drug-likeness (QED) is 0.460. The molecular weight excluding hydrogens is 376 g/mol. The summed E-state index contributed by atoms with van der Waals surface area (Å²) in [4.78, 5) is 18.4. The van der Waals surface area contributed by atoms with Gasteiger partial charge in [-0.25, -0.2) is 4.98 Å². The summed E-state index contributed by atoms with van der Waals surface area (Å²) in [5, 5.41) is 9.80. The molecule has 0 amide bonds. The van der Waals surface area contributed by atoms with E-state index in [0.717, 1.165) is 16.8 Å². The van der Waals surface area contributed by atoms with Crippen molar-refractivity contribution < 1.29 is 14.3 Å². The lowest BCUT2D eigenvalue weighted by molar-refractivity contribution is -0.143. The molecule has 5 nitrogen and oxygen atoms in total. The zero-order valence-corrected chi connectivity index (χ0v) is 16.6. The number of benzene rings is 3. The van der Waals surface area contributed by atoms with E-state index in [1.807, 2.05) is 91.0 Å². The zero-order chi connectivity index (χ0) is 20.9. The molecule has 1 unspecified atom stereocenters. The van der Waals surface area contributed by atoms with Gasteiger partial charge in [-0.05, 0) is 12.6 Å². The molecular formula is C25H22N2O3. The van der Waals surface area contributed by atoms with Gasteiger partial charge >= 0.3 is 5.97 Å². The van der Waals surface area contributed by atoms with E-state index in [1.165, 1.54) is 0 Å². The lowest BCUT2D eigenvalue weighted by Crippen LogP contribution is -2.30. The summed E-state index contributed by atoms with van der Waals surface area (Å²) < 4.78 is 6.15. The van der Waals surface area contributed by atoms with Gasteiger partial charge in [0.05, 0.1) is 6.54 Å². The molecule has 1 atom stereocenters. The number of oxazole rings is 1. The van der Waals surface area contributed by atoms with Crippen molar-refractivity contribution >= 4 is 5.97 Å². The Hall–Kier alpha value is -3.70. The van der Waals surface area contributed by atoms with E-state index < -0.39 is 12.0 Å². The van der Waals surface area contributed by atoms with Crippen LogP contribution in [0.4, 0.5) is 0 Å². The molecule has 5 heteroatoms. The Bertz CT molecular complexity index is 1050. The minimum atomic E-state index is -0.915. The molecule has 3 aromatic carbocycles. The summed E-state index contributed by atoms with van der Waals surface area (Å²) in [6.45, 7) is 0.262. The topological polar surface area (TPSA) is 66.6 Å². The van der Waals surface area contributed by atoms with Gasteiger partial charge in [-0.15, -0.1) is 0 Å². The molecule has 0 fully saturated rings. The first-order chi connectivity index (χ1) is 14.6. The van der Waals surface area contributed by atoms with Gasteiger partial charge in [0.1, 0.15) is 11.7 Å². The molecule has 0 bridgehead atoms. The van der Waals surface area contributed by atoms with Crippen LogP contribution in [0.15, 0.2) is 95.4 Å². The van der Waals surface area contributed by atoms with Gasteiger partial charge < -0.3 is 9.52 Å². The van der Waals surface area contributed by atoms with E-state index in [0.29, 0.717) is 17.2 Å². The number of carboxylic acid groups (broad SMARTS) is 1. The molecule has 0 aliphatic carbocycles. The minimum absolute atomic E-state index is 0.262. The van der Waals surface area contributed by atoms with Gasteiger partial charge in [0, 0.05) is 11.1 Å². The van der Waals surface area contributed by atoms with Gasteiger partial charge in [0.25, 0.3) is 0 Å². The first kappa shape index (κ1) is 19.6. The maximum Gasteiger partial charge on any atom is 0.325 e. The number of hydrogen-bond donors (Lipinski definition) is 1. The number of carbonyl (C=O) groups is 1. The third-order valence-electron chi connectivity index (χ3n) is 4.93. The Labute approximate surface area is 175 Å². The summed E-state index contributed by atoms with van der Waals surface area (Å²) >= 11 is 0. The Morgan fingerprint density at radius 3 is 2.00 bits per heavy atom. The number of hydrogen-bond acceptors (Lipinski definition) is 4. The molecule has 4 rings (SSSR count). The van der Waals surface area contributed by atoms with Crippen molar-refractivity contribution in [1.29, 1.82) is 0 Å². The highest BCUT2D eigenvalue weighted by atomic mass is 16.4. The zero-order valence-electron chi connectivity index (χ0n) is 16.6. The third-order valence-corrected chi connectivity index (χ3v) is 4.93. The van der Waals surface area contributed by atoms with Gasteiger partial charge in [0.2, 0.25) is 5.89 Å². The van der Waals surface area contributed by atoms with Gasteiger partial charge in [-0.2, -0.15) is 0 Å².